The molecule has 1 aliphatic heterocycles. The van der Waals surface area contributed by atoms with Crippen molar-refractivity contribution in [1.29, 1.82) is 0 Å². The number of carbonyl (C=O) groups is 1. The van der Waals surface area contributed by atoms with Crippen LogP contribution in [0, 0.1) is 0 Å². The first-order chi connectivity index (χ1) is 11.1. The van der Waals surface area contributed by atoms with Gasteiger partial charge in [-0.25, -0.2) is 4.98 Å². The molecule has 0 bridgehead atoms. The van der Waals surface area contributed by atoms with Gasteiger partial charge in [-0.3, -0.25) is 4.79 Å². The molecule has 1 aliphatic rings. The van der Waals surface area contributed by atoms with Crippen LogP contribution in [0.5, 0.6) is 0 Å². The standard InChI is InChI=1S/C19H23N3O/c1-14(2)15-7-9-16(10-8-15)21-19(23)17-6-5-11-20-18(17)22-12-3-4-13-22/h5-11,14H,3-4,12-13H2,1-2H3,(H,21,23). The predicted molar refractivity (Wildman–Crippen MR) is 94.2 cm³/mol. The van der Waals surface area contributed by atoms with Gasteiger partial charge in [-0.05, 0) is 48.6 Å². The second-order valence-electron chi connectivity index (χ2n) is 6.30. The number of anilines is 2. The first kappa shape index (κ1) is 15.5. The third kappa shape index (κ3) is 3.52. The lowest BCUT2D eigenvalue weighted by Crippen LogP contribution is -2.24. The third-order valence-corrected chi connectivity index (χ3v) is 4.27. The molecule has 0 radical (unpaired) electrons. The Balaban J connectivity index is 1.78. The van der Waals surface area contributed by atoms with Gasteiger partial charge in [0, 0.05) is 25.0 Å². The van der Waals surface area contributed by atoms with E-state index in [9.17, 15) is 4.79 Å². The zero-order valence-electron chi connectivity index (χ0n) is 13.7. The Bertz CT molecular complexity index is 673. The summed E-state index contributed by atoms with van der Waals surface area (Å²) in [5.74, 6) is 1.18. The summed E-state index contributed by atoms with van der Waals surface area (Å²) in [6.45, 7) is 6.26. The van der Waals surface area contributed by atoms with Crippen LogP contribution in [0.1, 0.15) is 48.5 Å². The Morgan fingerprint density at radius 1 is 1.13 bits per heavy atom. The number of rotatable bonds is 4. The Morgan fingerprint density at radius 3 is 2.48 bits per heavy atom. The van der Waals surface area contributed by atoms with Gasteiger partial charge in [0.25, 0.3) is 5.91 Å². The zero-order chi connectivity index (χ0) is 16.2. The largest absolute Gasteiger partial charge is 0.356 e. The first-order valence-corrected chi connectivity index (χ1v) is 8.26. The lowest BCUT2D eigenvalue weighted by Gasteiger charge is -2.19. The summed E-state index contributed by atoms with van der Waals surface area (Å²) in [5.41, 5.74) is 2.72. The fourth-order valence-corrected chi connectivity index (χ4v) is 2.90. The maximum Gasteiger partial charge on any atom is 0.259 e. The normalized spacial score (nSPS) is 14.3. The van der Waals surface area contributed by atoms with Crippen molar-refractivity contribution in [3.05, 3.63) is 53.7 Å². The Morgan fingerprint density at radius 2 is 1.83 bits per heavy atom. The van der Waals surface area contributed by atoms with Crippen LogP contribution in [0.4, 0.5) is 11.5 Å². The SMILES string of the molecule is CC(C)c1ccc(NC(=O)c2cccnc2N2CCCC2)cc1. The number of nitrogens with one attached hydrogen (secondary N) is 1. The smallest absolute Gasteiger partial charge is 0.259 e. The molecule has 4 nitrogen and oxygen atoms in total. The third-order valence-electron chi connectivity index (χ3n) is 4.27. The minimum absolute atomic E-state index is 0.0997. The van der Waals surface area contributed by atoms with E-state index in [0.29, 0.717) is 11.5 Å². The van der Waals surface area contributed by atoms with Gasteiger partial charge in [0.05, 0.1) is 5.56 Å². The van der Waals surface area contributed by atoms with Crippen LogP contribution in [0.25, 0.3) is 0 Å². The number of aromatic nitrogens is 1. The molecule has 1 aromatic heterocycles. The summed E-state index contributed by atoms with van der Waals surface area (Å²) in [6.07, 6.45) is 4.07. The van der Waals surface area contributed by atoms with Crippen LogP contribution >= 0.6 is 0 Å². The van der Waals surface area contributed by atoms with Crippen molar-refractivity contribution in [1.82, 2.24) is 4.98 Å². The van der Waals surface area contributed by atoms with Crippen LogP contribution in [0.15, 0.2) is 42.6 Å². The molecule has 0 atom stereocenters. The molecule has 1 fully saturated rings. The van der Waals surface area contributed by atoms with Gasteiger partial charge >= 0.3 is 0 Å². The van der Waals surface area contributed by atoms with Crippen molar-refractivity contribution in [2.75, 3.05) is 23.3 Å². The molecule has 2 heterocycles. The molecule has 120 valence electrons. The highest BCUT2D eigenvalue weighted by atomic mass is 16.1. The van der Waals surface area contributed by atoms with E-state index in [4.69, 9.17) is 0 Å². The van der Waals surface area contributed by atoms with Crippen molar-refractivity contribution in [3.8, 4) is 0 Å². The lowest BCUT2D eigenvalue weighted by molar-refractivity contribution is 0.102. The fraction of sp³-hybridized carbons (Fsp3) is 0.368. The van der Waals surface area contributed by atoms with Crippen LogP contribution in [0.3, 0.4) is 0 Å². The van der Waals surface area contributed by atoms with Gasteiger partial charge in [0.15, 0.2) is 0 Å². The molecule has 2 aromatic rings. The zero-order valence-corrected chi connectivity index (χ0v) is 13.7. The molecule has 4 heteroatoms. The van der Waals surface area contributed by atoms with Gasteiger partial charge in [0.1, 0.15) is 5.82 Å². The molecule has 1 aromatic carbocycles. The van der Waals surface area contributed by atoms with Crippen molar-refractivity contribution in [2.45, 2.75) is 32.6 Å². The van der Waals surface area contributed by atoms with E-state index in [1.165, 1.54) is 5.56 Å². The van der Waals surface area contributed by atoms with Crippen molar-refractivity contribution >= 4 is 17.4 Å². The van der Waals surface area contributed by atoms with Crippen molar-refractivity contribution in [3.63, 3.8) is 0 Å². The highest BCUT2D eigenvalue weighted by Gasteiger charge is 2.20. The molecule has 0 aliphatic carbocycles. The highest BCUT2D eigenvalue weighted by molar-refractivity contribution is 6.07. The fourth-order valence-electron chi connectivity index (χ4n) is 2.90. The van der Waals surface area contributed by atoms with E-state index in [1.807, 2.05) is 24.3 Å². The highest BCUT2D eigenvalue weighted by Crippen LogP contribution is 2.23. The summed E-state index contributed by atoms with van der Waals surface area (Å²) in [6, 6.07) is 11.7. The Hall–Kier alpha value is -2.36. The molecule has 23 heavy (non-hydrogen) atoms. The summed E-state index contributed by atoms with van der Waals surface area (Å²) >= 11 is 0. The minimum Gasteiger partial charge on any atom is -0.356 e. The molecular weight excluding hydrogens is 286 g/mol. The Labute approximate surface area is 137 Å². The molecule has 3 rings (SSSR count). The second kappa shape index (κ2) is 6.82. The minimum atomic E-state index is -0.0997. The molecular formula is C19H23N3O. The van der Waals surface area contributed by atoms with E-state index in [2.05, 4.69) is 41.2 Å². The van der Waals surface area contributed by atoms with E-state index in [1.54, 1.807) is 6.20 Å². The average molecular weight is 309 g/mol. The summed E-state index contributed by atoms with van der Waals surface area (Å²) < 4.78 is 0. The van der Waals surface area contributed by atoms with Gasteiger partial charge in [-0.2, -0.15) is 0 Å². The topological polar surface area (TPSA) is 45.2 Å². The number of amides is 1. The number of benzene rings is 1. The summed E-state index contributed by atoms with van der Waals surface area (Å²) in [5, 5.41) is 2.98. The number of hydrogen-bond acceptors (Lipinski definition) is 3. The van der Waals surface area contributed by atoms with Crippen molar-refractivity contribution < 1.29 is 4.79 Å². The van der Waals surface area contributed by atoms with Crippen molar-refractivity contribution in [2.24, 2.45) is 0 Å². The number of nitrogens with zero attached hydrogens (tertiary/aromatic N) is 2. The quantitative estimate of drug-likeness (QED) is 0.926. The summed E-state index contributed by atoms with van der Waals surface area (Å²) in [7, 11) is 0. The second-order valence-corrected chi connectivity index (χ2v) is 6.30. The van der Waals surface area contributed by atoms with E-state index >= 15 is 0 Å². The number of hydrogen-bond donors (Lipinski definition) is 1. The van der Waals surface area contributed by atoms with E-state index in [0.717, 1.165) is 37.4 Å². The van der Waals surface area contributed by atoms with Gasteiger partial charge in [-0.1, -0.05) is 26.0 Å². The molecule has 0 unspecified atom stereocenters. The monoisotopic (exact) mass is 309 g/mol. The molecule has 0 saturated carbocycles. The molecule has 1 N–H and O–H groups in total. The van der Waals surface area contributed by atoms with E-state index < -0.39 is 0 Å². The maximum atomic E-state index is 12.6. The molecule has 0 spiro atoms. The number of carbonyl (C=O) groups excluding carboxylic acids is 1. The molecule has 1 saturated heterocycles. The van der Waals surface area contributed by atoms with Gasteiger partial charge < -0.3 is 10.2 Å². The molecule has 1 amide bonds. The summed E-state index contributed by atoms with van der Waals surface area (Å²) in [4.78, 5) is 19.2. The van der Waals surface area contributed by atoms with Crippen LogP contribution in [-0.4, -0.2) is 24.0 Å². The lowest BCUT2D eigenvalue weighted by atomic mass is 10.0. The van der Waals surface area contributed by atoms with Gasteiger partial charge in [0.2, 0.25) is 0 Å². The maximum absolute atomic E-state index is 12.6. The van der Waals surface area contributed by atoms with Crippen LogP contribution < -0.4 is 10.2 Å². The first-order valence-electron chi connectivity index (χ1n) is 8.26. The number of pyridine rings is 1. The Kier molecular flexibility index (Phi) is 4.60. The average Bonchev–Trinajstić information content (AvgIpc) is 3.09. The van der Waals surface area contributed by atoms with Crippen LogP contribution in [-0.2, 0) is 0 Å². The van der Waals surface area contributed by atoms with Gasteiger partial charge in [-0.15, -0.1) is 0 Å². The van der Waals surface area contributed by atoms with Crippen LogP contribution in [0.2, 0.25) is 0 Å². The van der Waals surface area contributed by atoms with E-state index in [-0.39, 0.29) is 5.91 Å². The predicted octanol–water partition coefficient (Wildman–Crippen LogP) is 4.06.